The molecule has 1 aromatic carbocycles. The van der Waals surface area contributed by atoms with Gasteiger partial charge in [-0.25, -0.2) is 0 Å². The molecule has 1 aromatic rings. The Morgan fingerprint density at radius 2 is 2.13 bits per heavy atom. The minimum absolute atomic E-state index is 0.0497. The van der Waals surface area contributed by atoms with E-state index in [0.29, 0.717) is 13.2 Å². The third-order valence-corrected chi connectivity index (χ3v) is 2.59. The van der Waals surface area contributed by atoms with E-state index < -0.39 is 0 Å². The lowest BCUT2D eigenvalue weighted by molar-refractivity contribution is -0.124. The summed E-state index contributed by atoms with van der Waals surface area (Å²) in [6.07, 6.45) is 0.896. The molecule has 0 aromatic heterocycles. The summed E-state index contributed by atoms with van der Waals surface area (Å²) >= 11 is 0. The largest absolute Gasteiger partial charge is 0.376 e. The predicted octanol–water partition coefficient (Wildman–Crippen LogP) is 1.34. The summed E-state index contributed by atoms with van der Waals surface area (Å²) in [7, 11) is 0. The van der Waals surface area contributed by atoms with Gasteiger partial charge in [-0.2, -0.15) is 0 Å². The highest BCUT2D eigenvalue weighted by Gasteiger charge is 2.23. The minimum Gasteiger partial charge on any atom is -0.376 e. The first kappa shape index (κ1) is 10.2. The molecular weight excluding hydrogens is 190 g/mol. The van der Waals surface area contributed by atoms with Crippen molar-refractivity contribution in [1.82, 2.24) is 5.32 Å². The molecular formula is C12H15NO2. The normalized spacial score (nSPS) is 20.3. The van der Waals surface area contributed by atoms with Crippen molar-refractivity contribution in [3.8, 4) is 0 Å². The Hall–Kier alpha value is -1.35. The fourth-order valence-electron chi connectivity index (χ4n) is 1.70. The van der Waals surface area contributed by atoms with Crippen molar-refractivity contribution in [3.05, 3.63) is 35.9 Å². The van der Waals surface area contributed by atoms with Crippen molar-refractivity contribution in [3.63, 3.8) is 0 Å². The second kappa shape index (κ2) is 4.94. The quantitative estimate of drug-likeness (QED) is 0.805. The van der Waals surface area contributed by atoms with Gasteiger partial charge in [-0.1, -0.05) is 30.3 Å². The lowest BCUT2D eigenvalue weighted by atomic mass is 10.1. The number of amides is 1. The van der Waals surface area contributed by atoms with Crippen molar-refractivity contribution in [1.29, 1.82) is 0 Å². The summed E-state index contributed by atoms with van der Waals surface area (Å²) < 4.78 is 5.51. The van der Waals surface area contributed by atoms with Crippen molar-refractivity contribution < 1.29 is 9.53 Å². The monoisotopic (exact) mass is 205 g/mol. The van der Waals surface area contributed by atoms with Crippen LogP contribution in [0.1, 0.15) is 12.0 Å². The molecule has 0 spiro atoms. The summed E-state index contributed by atoms with van der Waals surface area (Å²) in [5.74, 6) is 0.178. The number of carbonyl (C=O) groups is 1. The molecule has 1 heterocycles. The van der Waals surface area contributed by atoms with Gasteiger partial charge < -0.3 is 10.1 Å². The third-order valence-electron chi connectivity index (χ3n) is 2.59. The summed E-state index contributed by atoms with van der Waals surface area (Å²) in [5.41, 5.74) is 1.15. The smallest absolute Gasteiger partial charge is 0.225 e. The summed E-state index contributed by atoms with van der Waals surface area (Å²) in [6, 6.07) is 10.00. The van der Waals surface area contributed by atoms with Gasteiger partial charge >= 0.3 is 0 Å². The van der Waals surface area contributed by atoms with Gasteiger partial charge in [0.2, 0.25) is 5.91 Å². The van der Waals surface area contributed by atoms with Crippen LogP contribution in [0, 0.1) is 5.92 Å². The van der Waals surface area contributed by atoms with Crippen LogP contribution in [0.3, 0.4) is 0 Å². The van der Waals surface area contributed by atoms with E-state index in [4.69, 9.17) is 4.74 Å². The Labute approximate surface area is 89.4 Å². The van der Waals surface area contributed by atoms with Gasteiger partial charge in [0.05, 0.1) is 19.1 Å². The molecule has 0 saturated carbocycles. The SMILES string of the molecule is O=C1NCCC1COCc1ccccc1. The first-order valence-electron chi connectivity index (χ1n) is 5.25. The average Bonchev–Trinajstić information content (AvgIpc) is 2.66. The lowest BCUT2D eigenvalue weighted by Gasteiger charge is -2.07. The van der Waals surface area contributed by atoms with Crippen LogP contribution in [0.25, 0.3) is 0 Å². The highest BCUT2D eigenvalue weighted by molar-refractivity contribution is 5.80. The van der Waals surface area contributed by atoms with E-state index in [-0.39, 0.29) is 11.8 Å². The third kappa shape index (κ3) is 2.80. The van der Waals surface area contributed by atoms with Crippen LogP contribution in [0.2, 0.25) is 0 Å². The number of hydrogen-bond acceptors (Lipinski definition) is 2. The molecule has 3 nitrogen and oxygen atoms in total. The van der Waals surface area contributed by atoms with E-state index in [9.17, 15) is 4.79 Å². The molecule has 1 saturated heterocycles. The maximum absolute atomic E-state index is 11.2. The number of hydrogen-bond donors (Lipinski definition) is 1. The van der Waals surface area contributed by atoms with Crippen LogP contribution >= 0.6 is 0 Å². The Bertz CT molecular complexity index is 324. The van der Waals surface area contributed by atoms with Crippen LogP contribution < -0.4 is 5.32 Å². The number of carbonyl (C=O) groups excluding carboxylic acids is 1. The van der Waals surface area contributed by atoms with Crippen molar-refractivity contribution in [2.24, 2.45) is 5.92 Å². The molecule has 1 unspecified atom stereocenters. The zero-order chi connectivity index (χ0) is 10.5. The number of rotatable bonds is 4. The molecule has 1 atom stereocenters. The molecule has 0 radical (unpaired) electrons. The Balaban J connectivity index is 1.73. The summed E-state index contributed by atoms with van der Waals surface area (Å²) in [5, 5.41) is 2.80. The molecule has 1 aliphatic rings. The topological polar surface area (TPSA) is 38.3 Å². The average molecular weight is 205 g/mol. The van der Waals surface area contributed by atoms with Gasteiger partial charge in [0, 0.05) is 6.54 Å². The molecule has 0 bridgehead atoms. The molecule has 80 valence electrons. The Kier molecular flexibility index (Phi) is 3.35. The summed E-state index contributed by atoms with van der Waals surface area (Å²) in [6.45, 7) is 1.91. The molecule has 2 rings (SSSR count). The van der Waals surface area contributed by atoms with Crippen molar-refractivity contribution >= 4 is 5.91 Å². The van der Waals surface area contributed by atoms with Crippen molar-refractivity contribution in [2.45, 2.75) is 13.0 Å². The first-order valence-corrected chi connectivity index (χ1v) is 5.25. The lowest BCUT2D eigenvalue weighted by Crippen LogP contribution is -2.22. The molecule has 1 N–H and O–H groups in total. The van der Waals surface area contributed by atoms with Gasteiger partial charge in [-0.15, -0.1) is 0 Å². The standard InChI is InChI=1S/C12H15NO2/c14-12-11(6-7-13-12)9-15-8-10-4-2-1-3-5-10/h1-5,11H,6-9H2,(H,13,14). The maximum Gasteiger partial charge on any atom is 0.225 e. The maximum atomic E-state index is 11.2. The van der Waals surface area contributed by atoms with Crippen LogP contribution in [-0.2, 0) is 16.1 Å². The van der Waals surface area contributed by atoms with E-state index in [2.05, 4.69) is 5.32 Å². The minimum atomic E-state index is 0.0497. The van der Waals surface area contributed by atoms with E-state index in [1.54, 1.807) is 0 Å². The van der Waals surface area contributed by atoms with Gasteiger partial charge in [0.1, 0.15) is 0 Å². The number of benzene rings is 1. The Morgan fingerprint density at radius 1 is 1.33 bits per heavy atom. The highest BCUT2D eigenvalue weighted by Crippen LogP contribution is 2.10. The van der Waals surface area contributed by atoms with Crippen LogP contribution in [0.4, 0.5) is 0 Å². The van der Waals surface area contributed by atoms with Crippen LogP contribution in [0.15, 0.2) is 30.3 Å². The fourth-order valence-corrected chi connectivity index (χ4v) is 1.70. The second-order valence-electron chi connectivity index (χ2n) is 3.78. The van der Waals surface area contributed by atoms with Crippen LogP contribution in [-0.4, -0.2) is 19.1 Å². The predicted molar refractivity (Wildman–Crippen MR) is 57.2 cm³/mol. The molecule has 1 fully saturated rings. The summed E-state index contributed by atoms with van der Waals surface area (Å²) in [4.78, 5) is 11.2. The van der Waals surface area contributed by atoms with Gasteiger partial charge in [0.25, 0.3) is 0 Å². The number of ether oxygens (including phenoxy) is 1. The van der Waals surface area contributed by atoms with Gasteiger partial charge in [-0.3, -0.25) is 4.79 Å². The van der Waals surface area contributed by atoms with Gasteiger partial charge in [0.15, 0.2) is 0 Å². The van der Waals surface area contributed by atoms with E-state index >= 15 is 0 Å². The van der Waals surface area contributed by atoms with Crippen LogP contribution in [0.5, 0.6) is 0 Å². The first-order chi connectivity index (χ1) is 7.36. The zero-order valence-corrected chi connectivity index (χ0v) is 8.61. The second-order valence-corrected chi connectivity index (χ2v) is 3.78. The fraction of sp³-hybridized carbons (Fsp3) is 0.417. The molecule has 1 aliphatic heterocycles. The highest BCUT2D eigenvalue weighted by atomic mass is 16.5. The van der Waals surface area contributed by atoms with E-state index in [1.165, 1.54) is 0 Å². The van der Waals surface area contributed by atoms with E-state index in [0.717, 1.165) is 18.5 Å². The van der Waals surface area contributed by atoms with Crippen molar-refractivity contribution in [2.75, 3.05) is 13.2 Å². The van der Waals surface area contributed by atoms with Gasteiger partial charge in [-0.05, 0) is 12.0 Å². The molecule has 0 aliphatic carbocycles. The molecule has 15 heavy (non-hydrogen) atoms. The Morgan fingerprint density at radius 3 is 2.80 bits per heavy atom. The number of nitrogens with one attached hydrogen (secondary N) is 1. The van der Waals surface area contributed by atoms with E-state index in [1.807, 2.05) is 30.3 Å². The molecule has 3 heteroatoms. The molecule has 1 amide bonds. The zero-order valence-electron chi connectivity index (χ0n) is 8.61.